The lowest BCUT2D eigenvalue weighted by Gasteiger charge is -2.30. The average Bonchev–Trinajstić information content (AvgIpc) is 3.18. The molecule has 0 radical (unpaired) electrons. The number of nitrogens with two attached hydrogens (primary N) is 1. The molecule has 10 nitrogen and oxygen atoms in total. The summed E-state index contributed by atoms with van der Waals surface area (Å²) in [6, 6.07) is 1.76. The van der Waals surface area contributed by atoms with Crippen LogP contribution in [-0.2, 0) is 17.8 Å². The number of amides is 2. The number of anilines is 1. The largest absolute Gasteiger partial charge is 0.474 e. The van der Waals surface area contributed by atoms with E-state index in [1.165, 1.54) is 11.3 Å². The molecule has 2 aromatic rings. The van der Waals surface area contributed by atoms with Gasteiger partial charge >= 0.3 is 0 Å². The average molecular weight is 504 g/mol. The first-order valence-corrected chi connectivity index (χ1v) is 12.7. The number of pyridine rings is 1. The Labute approximate surface area is 208 Å². The van der Waals surface area contributed by atoms with Gasteiger partial charge in [0, 0.05) is 24.6 Å². The molecule has 5 N–H and O–H groups in total. The highest BCUT2D eigenvalue weighted by atomic mass is 32.1. The predicted molar refractivity (Wildman–Crippen MR) is 132 cm³/mol. The highest BCUT2D eigenvalue weighted by molar-refractivity contribution is 7.17. The summed E-state index contributed by atoms with van der Waals surface area (Å²) >= 11 is 1.28. The first-order chi connectivity index (χ1) is 16.6. The number of nitrogens with zero attached hydrogens (tertiary/aromatic N) is 2. The van der Waals surface area contributed by atoms with E-state index >= 15 is 0 Å². The van der Waals surface area contributed by atoms with E-state index < -0.39 is 11.5 Å². The molecule has 0 unspecified atom stereocenters. The number of carbonyl (C=O) groups is 2. The van der Waals surface area contributed by atoms with Gasteiger partial charge in [0.05, 0.1) is 30.2 Å². The molecule has 0 atom stereocenters. The number of carbonyl (C=O) groups excluding carboxylic acids is 2. The molecular formula is C24H33N5O5S. The summed E-state index contributed by atoms with van der Waals surface area (Å²) in [6.45, 7) is 6.58. The van der Waals surface area contributed by atoms with Gasteiger partial charge in [-0.05, 0) is 52.5 Å². The lowest BCUT2D eigenvalue weighted by atomic mass is 9.93. The Morgan fingerprint density at radius 2 is 2.03 bits per heavy atom. The molecule has 1 aliphatic carbocycles. The lowest BCUT2D eigenvalue weighted by molar-refractivity contribution is 0.0878. The van der Waals surface area contributed by atoms with Crippen molar-refractivity contribution >= 4 is 28.3 Å². The number of aromatic nitrogens is 2. The van der Waals surface area contributed by atoms with E-state index in [9.17, 15) is 14.7 Å². The third-order valence-electron chi connectivity index (χ3n) is 6.13. The fourth-order valence-electron chi connectivity index (χ4n) is 4.24. The molecule has 1 aliphatic heterocycles. The van der Waals surface area contributed by atoms with E-state index in [2.05, 4.69) is 20.6 Å². The van der Waals surface area contributed by atoms with Crippen LogP contribution in [0.4, 0.5) is 5.13 Å². The Morgan fingerprint density at radius 3 is 2.71 bits per heavy atom. The zero-order valence-electron chi connectivity index (χ0n) is 20.3. The molecule has 0 spiro atoms. The number of hydrogen-bond donors (Lipinski definition) is 4. The van der Waals surface area contributed by atoms with Crippen molar-refractivity contribution in [3.63, 3.8) is 0 Å². The van der Waals surface area contributed by atoms with Crippen LogP contribution in [0.1, 0.15) is 76.5 Å². The van der Waals surface area contributed by atoms with Gasteiger partial charge in [-0.25, -0.2) is 9.97 Å². The van der Waals surface area contributed by atoms with Crippen molar-refractivity contribution in [2.24, 2.45) is 5.73 Å². The number of thiazole rings is 1. The number of aliphatic hydroxyl groups is 1. The maximum atomic E-state index is 12.9. The van der Waals surface area contributed by atoms with Crippen molar-refractivity contribution < 1.29 is 24.2 Å². The van der Waals surface area contributed by atoms with Crippen LogP contribution >= 0.6 is 11.3 Å². The van der Waals surface area contributed by atoms with Gasteiger partial charge in [-0.15, -0.1) is 0 Å². The third-order valence-corrected chi connectivity index (χ3v) is 7.24. The monoisotopic (exact) mass is 503 g/mol. The zero-order valence-corrected chi connectivity index (χ0v) is 21.2. The highest BCUT2D eigenvalue weighted by Crippen LogP contribution is 2.29. The zero-order chi connectivity index (χ0) is 25.2. The molecule has 3 heterocycles. The second kappa shape index (κ2) is 10.5. The fourth-order valence-corrected chi connectivity index (χ4v) is 5.11. The summed E-state index contributed by atoms with van der Waals surface area (Å²) in [6.07, 6.45) is 3.53. The first kappa shape index (κ1) is 25.3. The number of ether oxygens (including phenoxy) is 2. The van der Waals surface area contributed by atoms with Gasteiger partial charge in [-0.1, -0.05) is 11.3 Å². The van der Waals surface area contributed by atoms with Gasteiger partial charge in [-0.3, -0.25) is 9.59 Å². The van der Waals surface area contributed by atoms with E-state index in [-0.39, 0.29) is 29.5 Å². The fraction of sp³-hybridized carbons (Fsp3) is 0.583. The van der Waals surface area contributed by atoms with Crippen LogP contribution in [0.15, 0.2) is 6.07 Å². The first-order valence-electron chi connectivity index (χ1n) is 11.9. The third kappa shape index (κ3) is 6.47. The Morgan fingerprint density at radius 1 is 1.29 bits per heavy atom. The van der Waals surface area contributed by atoms with E-state index in [1.807, 2.05) is 0 Å². The summed E-state index contributed by atoms with van der Waals surface area (Å²) in [5.74, 6) is -0.426. The van der Waals surface area contributed by atoms with Crippen LogP contribution in [0.3, 0.4) is 0 Å². The van der Waals surface area contributed by atoms with E-state index in [0.29, 0.717) is 41.9 Å². The van der Waals surface area contributed by atoms with Crippen molar-refractivity contribution in [1.29, 1.82) is 0 Å². The van der Waals surface area contributed by atoms with Crippen molar-refractivity contribution in [2.45, 2.75) is 77.2 Å². The minimum atomic E-state index is -0.871. The summed E-state index contributed by atoms with van der Waals surface area (Å²) in [4.78, 5) is 34.4. The molecule has 2 aromatic heterocycles. The Kier molecular flexibility index (Phi) is 7.58. The molecule has 1 fully saturated rings. The summed E-state index contributed by atoms with van der Waals surface area (Å²) in [5.41, 5.74) is 7.39. The molecule has 1 saturated carbocycles. The SMILES string of the molecule is Cc1nc(NCC(C)(C)O)sc1C(=O)N[C@H]1CC[C@H](Oc2nc3c(cc2C(N)=O)COCC3)CC1. The molecule has 0 saturated heterocycles. The smallest absolute Gasteiger partial charge is 0.263 e. The van der Waals surface area contributed by atoms with Gasteiger partial charge in [0.25, 0.3) is 11.8 Å². The maximum absolute atomic E-state index is 12.9. The number of aryl methyl sites for hydroxylation is 1. The van der Waals surface area contributed by atoms with Gasteiger partial charge in [0.2, 0.25) is 5.88 Å². The van der Waals surface area contributed by atoms with E-state index in [0.717, 1.165) is 36.9 Å². The normalized spacial score (nSPS) is 20.1. The lowest BCUT2D eigenvalue weighted by Crippen LogP contribution is -2.39. The van der Waals surface area contributed by atoms with Crippen LogP contribution in [0.25, 0.3) is 0 Å². The Balaban J connectivity index is 1.32. The van der Waals surface area contributed by atoms with E-state index in [4.69, 9.17) is 15.2 Å². The number of hydrogen-bond acceptors (Lipinski definition) is 9. The Bertz CT molecular complexity index is 1090. The molecule has 4 rings (SSSR count). The van der Waals surface area contributed by atoms with Gasteiger partial charge in [0.1, 0.15) is 16.5 Å². The summed E-state index contributed by atoms with van der Waals surface area (Å²) in [7, 11) is 0. The Hall–Kier alpha value is -2.76. The topological polar surface area (TPSA) is 149 Å². The highest BCUT2D eigenvalue weighted by Gasteiger charge is 2.28. The second-order valence-electron chi connectivity index (χ2n) is 9.78. The van der Waals surface area contributed by atoms with Gasteiger partial charge in [-0.2, -0.15) is 0 Å². The van der Waals surface area contributed by atoms with Gasteiger partial charge in [0.15, 0.2) is 5.13 Å². The molecule has 0 bridgehead atoms. The molecule has 35 heavy (non-hydrogen) atoms. The molecular weight excluding hydrogens is 470 g/mol. The van der Waals surface area contributed by atoms with Crippen molar-refractivity contribution in [3.8, 4) is 5.88 Å². The van der Waals surface area contributed by atoms with Crippen molar-refractivity contribution in [2.75, 3.05) is 18.5 Å². The van der Waals surface area contributed by atoms with Crippen LogP contribution < -0.4 is 21.1 Å². The number of primary amides is 1. The summed E-state index contributed by atoms with van der Waals surface area (Å²) in [5, 5.41) is 16.7. The molecule has 2 amide bonds. The molecule has 11 heteroatoms. The van der Waals surface area contributed by atoms with Crippen LogP contribution in [0.2, 0.25) is 0 Å². The minimum Gasteiger partial charge on any atom is -0.474 e. The number of fused-ring (bicyclic) bond motifs is 1. The quantitative estimate of drug-likeness (QED) is 0.429. The molecule has 190 valence electrons. The second-order valence-corrected chi connectivity index (χ2v) is 10.8. The summed E-state index contributed by atoms with van der Waals surface area (Å²) < 4.78 is 11.6. The standard InChI is InChI=1S/C24H33N5O5S/c1-13-19(35-23(27-13)26-12-24(2,3)32)21(31)28-15-4-6-16(7-5-15)34-22-17(20(25)30)10-14-11-33-9-8-18(14)29-22/h10,15-16,32H,4-9,11-12H2,1-3H3,(H2,25,30)(H,26,27)(H,28,31)/t15-,16-. The maximum Gasteiger partial charge on any atom is 0.263 e. The molecule has 2 aliphatic rings. The predicted octanol–water partition coefficient (Wildman–Crippen LogP) is 2.32. The van der Waals surface area contributed by atoms with Crippen molar-refractivity contribution in [1.82, 2.24) is 15.3 Å². The number of nitrogens with one attached hydrogen (secondary N) is 2. The van der Waals surface area contributed by atoms with Crippen LogP contribution in [0, 0.1) is 6.92 Å². The van der Waals surface area contributed by atoms with Gasteiger partial charge < -0.3 is 30.9 Å². The van der Waals surface area contributed by atoms with Crippen molar-refractivity contribution in [3.05, 3.63) is 33.5 Å². The minimum absolute atomic E-state index is 0.0286. The van der Waals surface area contributed by atoms with Crippen LogP contribution in [0.5, 0.6) is 5.88 Å². The van der Waals surface area contributed by atoms with Crippen LogP contribution in [-0.4, -0.2) is 57.8 Å². The number of rotatable bonds is 8. The molecule has 0 aromatic carbocycles. The van der Waals surface area contributed by atoms with E-state index in [1.54, 1.807) is 26.8 Å².